The Bertz CT molecular complexity index is 845. The third-order valence-corrected chi connectivity index (χ3v) is 4.14. The van der Waals surface area contributed by atoms with Gasteiger partial charge in [-0.2, -0.15) is 9.61 Å². The molecular formula is C19H24N4O2. The number of fused-ring (bicyclic) bond motifs is 1. The lowest BCUT2D eigenvalue weighted by atomic mass is 10.1. The minimum Gasteiger partial charge on any atom is -0.493 e. The minimum absolute atomic E-state index is 0.604. The molecule has 0 fully saturated rings. The smallest absolute Gasteiger partial charge is 0.165 e. The molecule has 1 N–H and O–H groups in total. The van der Waals surface area contributed by atoms with Crippen LogP contribution in [0.3, 0.4) is 0 Å². The molecule has 0 aliphatic heterocycles. The Labute approximate surface area is 147 Å². The molecule has 0 amide bonds. The Morgan fingerprint density at radius 3 is 2.80 bits per heavy atom. The van der Waals surface area contributed by atoms with Crippen molar-refractivity contribution in [3.63, 3.8) is 0 Å². The van der Waals surface area contributed by atoms with Gasteiger partial charge < -0.3 is 14.8 Å². The molecule has 25 heavy (non-hydrogen) atoms. The molecule has 3 rings (SSSR count). The van der Waals surface area contributed by atoms with Gasteiger partial charge in [-0.15, -0.1) is 0 Å². The van der Waals surface area contributed by atoms with Crippen LogP contribution in [-0.4, -0.2) is 28.8 Å². The minimum atomic E-state index is 0.604. The van der Waals surface area contributed by atoms with Crippen molar-refractivity contribution >= 4 is 11.5 Å². The molecule has 0 unspecified atom stereocenters. The summed E-state index contributed by atoms with van der Waals surface area (Å²) in [4.78, 5) is 4.67. The number of unbranched alkanes of at least 4 members (excludes halogenated alkanes) is 1. The molecule has 1 aromatic carbocycles. The molecule has 0 spiro atoms. The predicted octanol–water partition coefficient (Wildman–Crippen LogP) is 3.70. The lowest BCUT2D eigenvalue weighted by Crippen LogP contribution is -2.08. The highest BCUT2D eigenvalue weighted by atomic mass is 16.5. The molecule has 0 aliphatic rings. The fourth-order valence-electron chi connectivity index (χ4n) is 2.86. The first-order chi connectivity index (χ1) is 12.3. The summed E-state index contributed by atoms with van der Waals surface area (Å²) in [6.45, 7) is 2.79. The van der Waals surface area contributed by atoms with E-state index in [4.69, 9.17) is 9.47 Å². The SMILES string of the molecule is CCCCc1cc(NCc2cccc(OC)c2OC)n2nccc2n1. The summed E-state index contributed by atoms with van der Waals surface area (Å²) < 4.78 is 12.7. The number of aromatic nitrogens is 3. The van der Waals surface area contributed by atoms with Crippen LogP contribution in [0.5, 0.6) is 11.5 Å². The summed E-state index contributed by atoms with van der Waals surface area (Å²) in [5.74, 6) is 2.39. The number of rotatable bonds is 8. The van der Waals surface area contributed by atoms with E-state index < -0.39 is 0 Å². The normalized spacial score (nSPS) is 10.8. The van der Waals surface area contributed by atoms with Gasteiger partial charge in [0.2, 0.25) is 0 Å². The summed E-state index contributed by atoms with van der Waals surface area (Å²) in [5, 5.41) is 7.82. The number of nitrogens with zero attached hydrogens (tertiary/aromatic N) is 3. The van der Waals surface area contributed by atoms with E-state index in [1.165, 1.54) is 0 Å². The summed E-state index contributed by atoms with van der Waals surface area (Å²) in [6.07, 6.45) is 5.01. The van der Waals surface area contributed by atoms with E-state index in [-0.39, 0.29) is 0 Å². The Hall–Kier alpha value is -2.76. The van der Waals surface area contributed by atoms with Crippen molar-refractivity contribution in [3.8, 4) is 11.5 Å². The van der Waals surface area contributed by atoms with Crippen molar-refractivity contribution in [1.82, 2.24) is 14.6 Å². The van der Waals surface area contributed by atoms with Crippen LogP contribution in [0.4, 0.5) is 5.82 Å². The number of nitrogens with one attached hydrogen (secondary N) is 1. The molecule has 0 aliphatic carbocycles. The largest absolute Gasteiger partial charge is 0.493 e. The van der Waals surface area contributed by atoms with Gasteiger partial charge in [-0.05, 0) is 18.9 Å². The Morgan fingerprint density at radius 1 is 1.16 bits per heavy atom. The molecule has 0 saturated carbocycles. The quantitative estimate of drug-likeness (QED) is 0.677. The Kier molecular flexibility index (Phi) is 5.38. The van der Waals surface area contributed by atoms with Gasteiger partial charge in [0.25, 0.3) is 0 Å². The van der Waals surface area contributed by atoms with Crippen LogP contribution in [0.2, 0.25) is 0 Å². The number of ether oxygens (including phenoxy) is 2. The van der Waals surface area contributed by atoms with Crippen molar-refractivity contribution in [3.05, 3.63) is 47.8 Å². The van der Waals surface area contributed by atoms with Crippen molar-refractivity contribution in [2.24, 2.45) is 0 Å². The molecule has 2 aromatic heterocycles. The van der Waals surface area contributed by atoms with Crippen LogP contribution in [0.1, 0.15) is 31.0 Å². The highest BCUT2D eigenvalue weighted by Gasteiger charge is 2.11. The standard InChI is InChI=1S/C19H24N4O2/c1-4-5-8-15-12-18(23-17(22-15)10-11-21-23)20-13-14-7-6-9-16(24-2)19(14)25-3/h6-7,9-12,20H,4-5,8,13H2,1-3H3. The van der Waals surface area contributed by atoms with E-state index in [0.29, 0.717) is 6.54 Å². The van der Waals surface area contributed by atoms with Crippen LogP contribution in [0, 0.1) is 0 Å². The number of hydrogen-bond acceptors (Lipinski definition) is 5. The van der Waals surface area contributed by atoms with Crippen LogP contribution in [0.15, 0.2) is 36.5 Å². The fraction of sp³-hybridized carbons (Fsp3) is 0.368. The predicted molar refractivity (Wildman–Crippen MR) is 98.5 cm³/mol. The van der Waals surface area contributed by atoms with E-state index >= 15 is 0 Å². The number of para-hydroxylation sites is 1. The molecule has 0 radical (unpaired) electrons. The lowest BCUT2D eigenvalue weighted by Gasteiger charge is -2.14. The molecule has 0 atom stereocenters. The molecular weight excluding hydrogens is 316 g/mol. The highest BCUT2D eigenvalue weighted by Crippen LogP contribution is 2.31. The maximum Gasteiger partial charge on any atom is 0.165 e. The van der Waals surface area contributed by atoms with Crippen LogP contribution in [0.25, 0.3) is 5.65 Å². The molecule has 0 bridgehead atoms. The highest BCUT2D eigenvalue weighted by molar-refractivity contribution is 5.52. The van der Waals surface area contributed by atoms with Crippen molar-refractivity contribution in [2.75, 3.05) is 19.5 Å². The monoisotopic (exact) mass is 340 g/mol. The lowest BCUT2D eigenvalue weighted by molar-refractivity contribution is 0.352. The van der Waals surface area contributed by atoms with E-state index in [0.717, 1.165) is 53.5 Å². The number of aryl methyl sites for hydroxylation is 1. The summed E-state index contributed by atoms with van der Waals surface area (Å²) >= 11 is 0. The Balaban J connectivity index is 1.87. The third kappa shape index (κ3) is 3.68. The zero-order valence-electron chi connectivity index (χ0n) is 15.0. The first-order valence-electron chi connectivity index (χ1n) is 8.54. The number of anilines is 1. The van der Waals surface area contributed by atoms with Gasteiger partial charge in [0.1, 0.15) is 5.82 Å². The van der Waals surface area contributed by atoms with E-state index in [1.54, 1.807) is 20.4 Å². The zero-order valence-corrected chi connectivity index (χ0v) is 15.0. The maximum absolute atomic E-state index is 5.51. The molecule has 3 aromatic rings. The molecule has 2 heterocycles. The summed E-state index contributed by atoms with van der Waals surface area (Å²) in [6, 6.07) is 9.87. The summed E-state index contributed by atoms with van der Waals surface area (Å²) in [7, 11) is 3.30. The zero-order chi connectivity index (χ0) is 17.6. The van der Waals surface area contributed by atoms with Crippen molar-refractivity contribution in [2.45, 2.75) is 32.7 Å². The Morgan fingerprint density at radius 2 is 2.04 bits per heavy atom. The maximum atomic E-state index is 5.51. The van der Waals surface area contributed by atoms with Gasteiger partial charge in [-0.3, -0.25) is 0 Å². The average molecular weight is 340 g/mol. The van der Waals surface area contributed by atoms with Crippen LogP contribution in [-0.2, 0) is 13.0 Å². The third-order valence-electron chi connectivity index (χ3n) is 4.14. The molecule has 6 nitrogen and oxygen atoms in total. The topological polar surface area (TPSA) is 60.7 Å². The van der Waals surface area contributed by atoms with Crippen molar-refractivity contribution in [1.29, 1.82) is 0 Å². The van der Waals surface area contributed by atoms with E-state index in [9.17, 15) is 0 Å². The van der Waals surface area contributed by atoms with Gasteiger partial charge in [-0.1, -0.05) is 25.5 Å². The molecule has 132 valence electrons. The number of benzene rings is 1. The second-order valence-electron chi connectivity index (χ2n) is 5.84. The molecule has 6 heteroatoms. The van der Waals surface area contributed by atoms with E-state index in [1.807, 2.05) is 28.8 Å². The first-order valence-corrected chi connectivity index (χ1v) is 8.54. The second-order valence-corrected chi connectivity index (χ2v) is 5.84. The first kappa shape index (κ1) is 17.1. The number of methoxy groups -OCH3 is 2. The van der Waals surface area contributed by atoms with Gasteiger partial charge in [-0.25, -0.2) is 4.98 Å². The van der Waals surface area contributed by atoms with Gasteiger partial charge in [0.15, 0.2) is 17.1 Å². The van der Waals surface area contributed by atoms with Gasteiger partial charge in [0, 0.05) is 29.9 Å². The van der Waals surface area contributed by atoms with Crippen LogP contribution < -0.4 is 14.8 Å². The average Bonchev–Trinajstić information content (AvgIpc) is 3.12. The van der Waals surface area contributed by atoms with E-state index in [2.05, 4.69) is 28.4 Å². The number of hydrogen-bond donors (Lipinski definition) is 1. The van der Waals surface area contributed by atoms with Gasteiger partial charge >= 0.3 is 0 Å². The fourth-order valence-corrected chi connectivity index (χ4v) is 2.86. The summed E-state index contributed by atoms with van der Waals surface area (Å²) in [5.41, 5.74) is 2.96. The second kappa shape index (κ2) is 7.88. The van der Waals surface area contributed by atoms with Gasteiger partial charge in [0.05, 0.1) is 20.4 Å². The van der Waals surface area contributed by atoms with Crippen LogP contribution >= 0.6 is 0 Å². The molecule has 0 saturated heterocycles. The van der Waals surface area contributed by atoms with Crippen molar-refractivity contribution < 1.29 is 9.47 Å².